The third kappa shape index (κ3) is 47.3. The van der Waals surface area contributed by atoms with Crippen LogP contribution in [0.3, 0.4) is 0 Å². The lowest BCUT2D eigenvalue weighted by Gasteiger charge is -2.27. The van der Waals surface area contributed by atoms with Crippen molar-refractivity contribution in [3.05, 3.63) is 216 Å². The zero-order valence-electron chi connectivity index (χ0n) is 80.3. The van der Waals surface area contributed by atoms with Crippen molar-refractivity contribution in [2.75, 3.05) is 157 Å². The van der Waals surface area contributed by atoms with Crippen molar-refractivity contribution in [2.24, 2.45) is 0 Å². The van der Waals surface area contributed by atoms with Gasteiger partial charge in [-0.1, -0.05) is 97.1 Å². The van der Waals surface area contributed by atoms with Gasteiger partial charge in [0.15, 0.2) is 24.4 Å². The Morgan fingerprint density at radius 1 is 0.289 bits per heavy atom. The number of amides is 4. The van der Waals surface area contributed by atoms with Crippen molar-refractivity contribution in [3.8, 4) is 23.0 Å². The highest BCUT2D eigenvalue weighted by molar-refractivity contribution is 8.00. The Balaban J connectivity index is 0. The van der Waals surface area contributed by atoms with E-state index in [-0.39, 0.29) is 77.5 Å². The van der Waals surface area contributed by atoms with Crippen LogP contribution in [-0.4, -0.2) is 281 Å². The van der Waals surface area contributed by atoms with Crippen molar-refractivity contribution in [1.82, 2.24) is 0 Å². The number of ether oxygens (including phenoxy) is 8. The number of methoxy groups -OCH3 is 4. The van der Waals surface area contributed by atoms with E-state index >= 15 is 0 Å². The summed E-state index contributed by atoms with van der Waals surface area (Å²) >= 11 is 6.20. The number of thioether (sulfide) groups is 4. The molecule has 46 nitrogen and oxygen atoms in total. The molecule has 4 amide bonds. The van der Waals surface area contributed by atoms with Gasteiger partial charge < -0.3 is 169 Å². The first-order valence-corrected chi connectivity index (χ1v) is 51.0. The highest BCUT2D eigenvalue weighted by atomic mass is 32.2. The van der Waals surface area contributed by atoms with Gasteiger partial charge in [-0.3, -0.25) is 56.6 Å². The third-order valence-corrected chi connectivity index (χ3v) is 24.6. The summed E-state index contributed by atoms with van der Waals surface area (Å²) in [6.45, 7) is 10.7. The molecule has 0 saturated carbocycles. The van der Waals surface area contributed by atoms with Crippen molar-refractivity contribution in [3.63, 3.8) is 0 Å². The molecule has 24 N–H and O–H groups in total. The average molecular weight is 2160 g/mol. The Labute approximate surface area is 838 Å². The van der Waals surface area contributed by atoms with Gasteiger partial charge in [0, 0.05) is 47.3 Å². The van der Waals surface area contributed by atoms with Crippen LogP contribution in [0.1, 0.15) is 70.9 Å². The topological polar surface area (TPSA) is 752 Å². The number of quaternary nitrogens is 4. The molecule has 0 radical (unpaired) electrons. The molecule has 142 heavy (non-hydrogen) atoms. The number of hydrogen-bond donors (Lipinski definition) is 12. The second-order valence-electron chi connectivity index (χ2n) is 31.0. The van der Waals surface area contributed by atoms with Gasteiger partial charge in [0.05, 0.1) is 181 Å². The second kappa shape index (κ2) is 64.1. The highest BCUT2D eigenvalue weighted by Crippen LogP contribution is 2.52. The normalized spacial score (nSPS) is 17.1. The maximum atomic E-state index is 13.6. The van der Waals surface area contributed by atoms with Crippen molar-refractivity contribution < 1.29 is 206 Å². The van der Waals surface area contributed by atoms with Gasteiger partial charge in [0.2, 0.25) is 0 Å². The number of likely N-dealkylation sites (N-methyl/N-ethyl adjacent to an activating group) is 4. The Morgan fingerprint density at radius 2 is 0.430 bits per heavy atom. The number of nitrogens with one attached hydrogen (secondary N) is 4. The minimum Gasteiger partial charge on any atom is -0.756 e. The van der Waals surface area contributed by atoms with Crippen LogP contribution in [0.2, 0.25) is 0 Å². The van der Waals surface area contributed by atoms with E-state index in [1.165, 1.54) is 47.3 Å². The molecule has 0 spiro atoms. The van der Waals surface area contributed by atoms with Crippen LogP contribution in [0.4, 0.5) is 22.7 Å². The quantitative estimate of drug-likeness (QED) is 0.0159. The van der Waals surface area contributed by atoms with E-state index in [4.69, 9.17) is 115 Å². The number of benzene rings is 8. The SMILES string of the molecule is COc1ccc([C@@H]2Sc3ccccc3N(CC[NH+](C)C)C(=O)[C@@H]2OC(C)=O)cc1.COc1ccc([C@@H]2Sc3ccccc3N(CC[NH+](C)C)C(=O)[C@@H]2OC(C)=O)cc1.COc1ccc([C@@H]2Sc3ccccc3N(CC[NH+](C)C)C(=O)[C@@H]2OC(C)=O)cc1.COc1ccc([C@@H]2Sc3ccccc3N(CC[NH+](C)C)C(=O)[C@@H]2OC(C)=O)cc1.O.O.O.O.O.O.O=P([O-])(O)O.O=P([O-])(O)O.O=P([O-])(O)O.O=P([O-])(O)O. The zero-order valence-corrected chi connectivity index (χ0v) is 87.2. The summed E-state index contributed by atoms with van der Waals surface area (Å²) in [5.41, 5.74) is 7.06. The number of rotatable bonds is 24. The fourth-order valence-corrected chi connectivity index (χ4v) is 18.4. The van der Waals surface area contributed by atoms with Crippen molar-refractivity contribution in [2.45, 2.75) is 92.7 Å². The smallest absolute Gasteiger partial charge is 0.303 e. The van der Waals surface area contributed by atoms with E-state index < -0.39 is 79.6 Å². The monoisotopic (exact) mass is 2160 g/mol. The Morgan fingerprint density at radius 3 is 0.556 bits per heavy atom. The van der Waals surface area contributed by atoms with E-state index in [1.807, 2.05) is 251 Å². The summed E-state index contributed by atoms with van der Waals surface area (Å²) in [4.78, 5) is 209. The Kier molecular flexibility index (Phi) is 60.6. The molecule has 0 bridgehead atoms. The van der Waals surface area contributed by atoms with Crippen LogP contribution in [0.25, 0.3) is 0 Å². The minimum absolute atomic E-state index is 0. The summed E-state index contributed by atoms with van der Waals surface area (Å²) in [6, 6.07) is 61.6. The van der Waals surface area contributed by atoms with Crippen LogP contribution in [-0.2, 0) is 75.6 Å². The lowest BCUT2D eigenvalue weighted by molar-refractivity contribution is -0.856. The zero-order chi connectivity index (χ0) is 102. The average Bonchev–Trinajstić information content (AvgIpc) is 1.65. The third-order valence-electron chi connectivity index (χ3n) is 19.1. The van der Waals surface area contributed by atoms with E-state index in [0.29, 0.717) is 26.2 Å². The van der Waals surface area contributed by atoms with Gasteiger partial charge in [0.1, 0.15) is 23.0 Å². The molecule has 54 heteroatoms. The lowest BCUT2D eigenvalue weighted by atomic mass is 10.1. The fourth-order valence-electron chi connectivity index (χ4n) is 13.1. The van der Waals surface area contributed by atoms with Gasteiger partial charge >= 0.3 is 23.9 Å². The summed E-state index contributed by atoms with van der Waals surface area (Å²) < 4.78 is 78.4. The number of carbonyl (C=O) groups excluding carboxylic acids is 8. The molecule has 0 aromatic heterocycles. The van der Waals surface area contributed by atoms with Crippen molar-refractivity contribution in [1.29, 1.82) is 0 Å². The van der Waals surface area contributed by atoms with Crippen LogP contribution in [0, 0.1) is 0 Å². The molecule has 0 saturated heterocycles. The summed E-state index contributed by atoms with van der Waals surface area (Å²) in [5.74, 6) is 0.296. The molecule has 792 valence electrons. The molecule has 4 aliphatic heterocycles. The largest absolute Gasteiger partial charge is 0.756 e. The first kappa shape index (κ1) is 134. The van der Waals surface area contributed by atoms with Crippen molar-refractivity contribution >= 4 is 149 Å². The van der Waals surface area contributed by atoms with Crippen LogP contribution in [0.15, 0.2) is 214 Å². The summed E-state index contributed by atoms with van der Waals surface area (Å²) in [6.07, 6.45) is -3.63. The van der Waals surface area contributed by atoms with E-state index in [9.17, 15) is 38.4 Å². The number of hydrogen-bond acceptors (Lipinski definition) is 28. The molecule has 8 atom stereocenters. The van der Waals surface area contributed by atoms with E-state index in [0.717, 1.165) is 114 Å². The summed E-state index contributed by atoms with van der Waals surface area (Å²) in [7, 11) is 3.28. The highest BCUT2D eigenvalue weighted by Gasteiger charge is 2.46. The molecule has 8 aromatic rings. The second-order valence-corrected chi connectivity index (χ2v) is 39.6. The molecule has 4 heterocycles. The fraction of sp³-hybridized carbons (Fsp3) is 0.364. The number of nitrogens with zero attached hydrogens (tertiary/aromatic N) is 4. The maximum absolute atomic E-state index is 13.6. The van der Waals surface area contributed by atoms with Gasteiger partial charge in [0.25, 0.3) is 54.9 Å². The Bertz CT molecular complexity index is 4750. The molecule has 0 unspecified atom stereocenters. The standard InChI is InChI=1S/4C22H26N2O4S.4H3O4P.6H2O/c4*1-15(25)28-20-21(16-9-11-17(27-4)12-10-16)29-19-8-6-5-7-18(19)24(22(20)26)14-13-23(2)3;4*1-5(2,3)4;;;;;;/h4*5-12,20-21H,13-14H2,1-4H3;4*(H3,1,2,3,4);6*1H2/t4*20-,21+;;;;;;;;;;/m1111........../s1. The van der Waals surface area contributed by atoms with Gasteiger partial charge in [-0.2, -0.15) is 0 Å². The predicted octanol–water partition coefficient (Wildman–Crippen LogP) is -3.39. The first-order valence-electron chi connectivity index (χ1n) is 41.4. The number of carbonyl (C=O) groups is 8. The van der Waals surface area contributed by atoms with Crippen LogP contribution >= 0.6 is 78.3 Å². The first-order chi connectivity index (χ1) is 63.6. The molecule has 4 aliphatic rings. The number of anilines is 4. The van der Waals surface area contributed by atoms with E-state index in [2.05, 4.69) is 0 Å². The molecule has 8 aromatic carbocycles. The number of esters is 4. The molecular formula is C88H128N8O38P4S4. The van der Waals surface area contributed by atoms with Crippen LogP contribution < -0.4 is 77.7 Å². The molecule has 0 aliphatic carbocycles. The molecular weight excluding hydrogens is 2030 g/mol. The minimum atomic E-state index is -4.89. The van der Waals surface area contributed by atoms with Gasteiger partial charge in [-0.15, -0.1) is 47.0 Å². The molecule has 0 fully saturated rings. The number of para-hydroxylation sites is 4. The predicted molar refractivity (Wildman–Crippen MR) is 524 cm³/mol. The number of phosphoric acid groups is 4. The van der Waals surface area contributed by atoms with Gasteiger partial charge in [-0.25, -0.2) is 0 Å². The maximum Gasteiger partial charge on any atom is 0.303 e. The van der Waals surface area contributed by atoms with E-state index in [1.54, 1.807) is 95.1 Å². The lowest BCUT2D eigenvalue weighted by Crippen LogP contribution is -3.06. The van der Waals surface area contributed by atoms with Gasteiger partial charge in [-0.05, 0) is 119 Å². The number of fused-ring (bicyclic) bond motifs is 4. The summed E-state index contributed by atoms with van der Waals surface area (Å²) in [5, 5.41) is -1.41. The van der Waals surface area contributed by atoms with Crippen LogP contribution in [0.5, 0.6) is 23.0 Å². The molecule has 12 rings (SSSR count). The Hall–Kier alpha value is -9.84.